The summed E-state index contributed by atoms with van der Waals surface area (Å²) in [7, 11) is 0. The average molecular weight is 281 g/mol. The molecule has 0 fully saturated rings. The number of allylic oxidation sites excluding steroid dienone is 2. The first kappa shape index (κ1) is 13.7. The van der Waals surface area contributed by atoms with Crippen LogP contribution in [-0.4, -0.2) is 27.2 Å². The zero-order valence-electron chi connectivity index (χ0n) is 10.7. The van der Waals surface area contributed by atoms with Gasteiger partial charge >= 0.3 is 5.97 Å². The van der Waals surface area contributed by atoms with Crippen LogP contribution in [0.5, 0.6) is 0 Å². The summed E-state index contributed by atoms with van der Waals surface area (Å²) in [6, 6.07) is 0. The van der Waals surface area contributed by atoms with E-state index in [4.69, 9.17) is 0 Å². The first-order chi connectivity index (χ1) is 8.99. The summed E-state index contributed by atoms with van der Waals surface area (Å²) in [5.41, 5.74) is 3.67. The van der Waals surface area contributed by atoms with Crippen molar-refractivity contribution in [2.75, 3.05) is 5.32 Å². The van der Waals surface area contributed by atoms with Gasteiger partial charge in [-0.15, -0.1) is 10.2 Å². The Bertz CT molecular complexity index is 524. The monoisotopic (exact) mass is 281 g/mol. The number of hydrogen-bond acceptors (Lipinski definition) is 5. The minimum absolute atomic E-state index is 0.295. The molecule has 1 aromatic heterocycles. The molecular weight excluding hydrogens is 266 g/mol. The van der Waals surface area contributed by atoms with Gasteiger partial charge in [-0.2, -0.15) is 0 Å². The van der Waals surface area contributed by atoms with Crippen molar-refractivity contribution in [3.8, 4) is 0 Å². The van der Waals surface area contributed by atoms with Gasteiger partial charge in [0.25, 0.3) is 0 Å². The van der Waals surface area contributed by atoms with E-state index in [0.29, 0.717) is 18.0 Å². The maximum absolute atomic E-state index is 12.2. The lowest BCUT2D eigenvalue weighted by molar-refractivity contribution is -0.146. The van der Waals surface area contributed by atoms with Crippen LogP contribution in [-0.2, 0) is 9.59 Å². The number of carboxylic acid groups (broad SMARTS) is 1. The van der Waals surface area contributed by atoms with Crippen molar-refractivity contribution in [1.29, 1.82) is 0 Å². The normalized spacial score (nSPS) is 23.3. The summed E-state index contributed by atoms with van der Waals surface area (Å²) in [4.78, 5) is 23.5. The second-order valence-corrected chi connectivity index (χ2v) is 5.59. The fraction of sp³-hybridized carbons (Fsp3) is 0.500. The van der Waals surface area contributed by atoms with Gasteiger partial charge in [-0.1, -0.05) is 22.5 Å². The standard InChI is InChI=1S/C12H15N3O3S/c1-6-3-8(9(11(17)18)4-7(6)2)10(16)14-12-15-13-5-19-12/h5,8-9H,3-4H2,1-2H3,(H,17,18)(H,14,15,16)/t8-,9+/m1/s1. The van der Waals surface area contributed by atoms with E-state index in [9.17, 15) is 14.7 Å². The highest BCUT2D eigenvalue weighted by Crippen LogP contribution is 2.35. The molecule has 102 valence electrons. The van der Waals surface area contributed by atoms with Crippen LogP contribution >= 0.6 is 11.3 Å². The SMILES string of the molecule is CC1=C(C)C[C@@H](C(=O)Nc2nncs2)[C@@H](C(=O)O)C1. The second kappa shape index (κ2) is 5.48. The van der Waals surface area contributed by atoms with Gasteiger partial charge in [0, 0.05) is 0 Å². The summed E-state index contributed by atoms with van der Waals surface area (Å²) in [6.45, 7) is 3.86. The number of carbonyl (C=O) groups excluding carboxylic acids is 1. The predicted octanol–water partition coefficient (Wildman–Crippen LogP) is 1.92. The number of aromatic nitrogens is 2. The molecule has 0 unspecified atom stereocenters. The van der Waals surface area contributed by atoms with E-state index in [0.717, 1.165) is 11.1 Å². The van der Waals surface area contributed by atoms with Gasteiger partial charge in [-0.05, 0) is 26.7 Å². The number of rotatable bonds is 3. The summed E-state index contributed by atoms with van der Waals surface area (Å²) in [5, 5.41) is 19.7. The van der Waals surface area contributed by atoms with Crippen LogP contribution < -0.4 is 5.32 Å². The minimum Gasteiger partial charge on any atom is -0.481 e. The van der Waals surface area contributed by atoms with Crippen molar-refractivity contribution < 1.29 is 14.7 Å². The number of carbonyl (C=O) groups is 2. The van der Waals surface area contributed by atoms with E-state index in [1.165, 1.54) is 16.8 Å². The average Bonchev–Trinajstić information content (AvgIpc) is 2.84. The van der Waals surface area contributed by atoms with Gasteiger partial charge in [0.1, 0.15) is 5.51 Å². The zero-order valence-corrected chi connectivity index (χ0v) is 11.5. The quantitative estimate of drug-likeness (QED) is 0.826. The molecule has 0 spiro atoms. The van der Waals surface area contributed by atoms with Crippen molar-refractivity contribution >= 4 is 28.3 Å². The Hall–Kier alpha value is -1.76. The van der Waals surface area contributed by atoms with Crippen molar-refractivity contribution in [3.63, 3.8) is 0 Å². The van der Waals surface area contributed by atoms with Gasteiger partial charge < -0.3 is 10.4 Å². The van der Waals surface area contributed by atoms with E-state index < -0.39 is 17.8 Å². The number of aliphatic carboxylic acids is 1. The van der Waals surface area contributed by atoms with Crippen molar-refractivity contribution in [3.05, 3.63) is 16.7 Å². The molecule has 0 radical (unpaired) electrons. The summed E-state index contributed by atoms with van der Waals surface area (Å²) < 4.78 is 0. The minimum atomic E-state index is -0.927. The Balaban J connectivity index is 2.16. The molecule has 1 aliphatic carbocycles. The molecule has 1 heterocycles. The lowest BCUT2D eigenvalue weighted by Gasteiger charge is -2.29. The highest BCUT2D eigenvalue weighted by atomic mass is 32.1. The summed E-state index contributed by atoms with van der Waals surface area (Å²) in [5.74, 6) is -2.44. The molecule has 2 N–H and O–H groups in total. The molecule has 2 atom stereocenters. The molecule has 0 bridgehead atoms. The van der Waals surface area contributed by atoms with Gasteiger partial charge in [0.05, 0.1) is 11.8 Å². The number of nitrogens with one attached hydrogen (secondary N) is 1. The maximum atomic E-state index is 12.2. The van der Waals surface area contributed by atoms with Crippen LogP contribution in [0, 0.1) is 11.8 Å². The highest BCUT2D eigenvalue weighted by molar-refractivity contribution is 7.13. The molecule has 0 saturated heterocycles. The number of anilines is 1. The molecule has 1 aromatic rings. The lowest BCUT2D eigenvalue weighted by atomic mass is 9.76. The second-order valence-electron chi connectivity index (χ2n) is 4.75. The molecule has 2 rings (SSSR count). The van der Waals surface area contributed by atoms with Crippen molar-refractivity contribution in [1.82, 2.24) is 10.2 Å². The topological polar surface area (TPSA) is 92.2 Å². The number of amides is 1. The van der Waals surface area contributed by atoms with E-state index in [-0.39, 0.29) is 5.91 Å². The van der Waals surface area contributed by atoms with Crippen LogP contribution in [0.3, 0.4) is 0 Å². The molecule has 0 saturated carbocycles. The van der Waals surface area contributed by atoms with Crippen molar-refractivity contribution in [2.45, 2.75) is 26.7 Å². The Kier molecular flexibility index (Phi) is 3.94. The molecule has 6 nitrogen and oxygen atoms in total. The third-order valence-corrected chi connectivity index (χ3v) is 4.12. The molecule has 1 amide bonds. The molecule has 1 aliphatic rings. The van der Waals surface area contributed by atoms with Gasteiger partial charge in [0.2, 0.25) is 11.0 Å². The molecule has 0 aliphatic heterocycles. The molecule has 0 aromatic carbocycles. The molecular formula is C12H15N3O3S. The molecule has 19 heavy (non-hydrogen) atoms. The maximum Gasteiger partial charge on any atom is 0.307 e. The lowest BCUT2D eigenvalue weighted by Crippen LogP contribution is -2.36. The third-order valence-electron chi connectivity index (χ3n) is 3.51. The van der Waals surface area contributed by atoms with Gasteiger partial charge in [0.15, 0.2) is 0 Å². The Morgan fingerprint density at radius 3 is 2.47 bits per heavy atom. The molecule has 7 heteroatoms. The van der Waals surface area contributed by atoms with Crippen LogP contribution in [0.15, 0.2) is 16.7 Å². The predicted molar refractivity (Wildman–Crippen MR) is 70.8 cm³/mol. The fourth-order valence-corrected chi connectivity index (χ4v) is 2.70. The Morgan fingerprint density at radius 1 is 1.32 bits per heavy atom. The smallest absolute Gasteiger partial charge is 0.307 e. The van der Waals surface area contributed by atoms with Crippen LogP contribution in [0.4, 0.5) is 5.13 Å². The van der Waals surface area contributed by atoms with E-state index in [1.54, 1.807) is 0 Å². The van der Waals surface area contributed by atoms with Crippen molar-refractivity contribution in [2.24, 2.45) is 11.8 Å². The summed E-state index contributed by atoms with van der Waals surface area (Å²) >= 11 is 1.21. The summed E-state index contributed by atoms with van der Waals surface area (Å²) in [6.07, 6.45) is 0.906. The Labute approximate surface area is 114 Å². The number of hydrogen-bond donors (Lipinski definition) is 2. The van der Waals surface area contributed by atoms with E-state index in [2.05, 4.69) is 15.5 Å². The van der Waals surface area contributed by atoms with E-state index >= 15 is 0 Å². The highest BCUT2D eigenvalue weighted by Gasteiger charge is 2.37. The fourth-order valence-electron chi connectivity index (χ4n) is 2.25. The van der Waals surface area contributed by atoms with Gasteiger partial charge in [-0.3, -0.25) is 9.59 Å². The zero-order chi connectivity index (χ0) is 14.0. The first-order valence-corrected chi connectivity index (χ1v) is 6.82. The van der Waals surface area contributed by atoms with Gasteiger partial charge in [-0.25, -0.2) is 0 Å². The van der Waals surface area contributed by atoms with Crippen LogP contribution in [0.25, 0.3) is 0 Å². The third kappa shape index (κ3) is 2.98. The number of carboxylic acids is 1. The first-order valence-electron chi connectivity index (χ1n) is 5.94. The Morgan fingerprint density at radius 2 is 1.95 bits per heavy atom. The number of nitrogens with zero attached hydrogens (tertiary/aromatic N) is 2. The largest absolute Gasteiger partial charge is 0.481 e. The van der Waals surface area contributed by atoms with E-state index in [1.807, 2.05) is 13.8 Å². The van der Waals surface area contributed by atoms with Crippen LogP contribution in [0.2, 0.25) is 0 Å². The van der Waals surface area contributed by atoms with Crippen LogP contribution in [0.1, 0.15) is 26.7 Å².